The standard InChI is InChI=1S/C14H19N3O4/c15-12(18)8-17(10-4-1-2-5-10)13(19)9-16-7-3-6-11(16)14(20)21/h3,6-7,10H,1-2,4-5,8-9H2,(H2,15,18)(H,20,21). The van der Waals surface area contributed by atoms with Crippen molar-refractivity contribution in [1.29, 1.82) is 0 Å². The quantitative estimate of drug-likeness (QED) is 0.794. The molecule has 7 nitrogen and oxygen atoms in total. The number of carboxylic acid groups (broad SMARTS) is 1. The van der Waals surface area contributed by atoms with Crippen molar-refractivity contribution in [3.8, 4) is 0 Å². The predicted octanol–water partition coefficient (Wildman–Crippen LogP) is 0.443. The summed E-state index contributed by atoms with van der Waals surface area (Å²) in [6, 6.07) is 3.03. The molecular formula is C14H19N3O4. The molecule has 0 aliphatic heterocycles. The lowest BCUT2D eigenvalue weighted by Crippen LogP contribution is -2.45. The highest BCUT2D eigenvalue weighted by Crippen LogP contribution is 2.23. The van der Waals surface area contributed by atoms with Crippen LogP contribution in [0.4, 0.5) is 0 Å². The summed E-state index contributed by atoms with van der Waals surface area (Å²) in [6.45, 7) is -0.217. The molecule has 0 spiro atoms. The van der Waals surface area contributed by atoms with Crippen LogP contribution < -0.4 is 5.73 Å². The van der Waals surface area contributed by atoms with Crippen LogP contribution in [0.15, 0.2) is 18.3 Å². The van der Waals surface area contributed by atoms with E-state index in [1.165, 1.54) is 15.5 Å². The molecule has 0 aromatic carbocycles. The molecule has 1 aliphatic rings. The highest BCUT2D eigenvalue weighted by molar-refractivity contribution is 5.88. The molecule has 1 saturated carbocycles. The van der Waals surface area contributed by atoms with E-state index >= 15 is 0 Å². The van der Waals surface area contributed by atoms with Crippen molar-refractivity contribution >= 4 is 17.8 Å². The molecule has 0 saturated heterocycles. The third kappa shape index (κ3) is 3.62. The summed E-state index contributed by atoms with van der Waals surface area (Å²) in [6.07, 6.45) is 5.31. The zero-order valence-corrected chi connectivity index (χ0v) is 11.7. The molecule has 3 N–H and O–H groups in total. The molecule has 114 valence electrons. The molecule has 0 atom stereocenters. The van der Waals surface area contributed by atoms with E-state index in [9.17, 15) is 14.4 Å². The second kappa shape index (κ2) is 6.43. The van der Waals surface area contributed by atoms with Crippen molar-refractivity contribution in [2.24, 2.45) is 5.73 Å². The number of carbonyl (C=O) groups excluding carboxylic acids is 2. The van der Waals surface area contributed by atoms with Gasteiger partial charge in [0.1, 0.15) is 12.2 Å². The lowest BCUT2D eigenvalue weighted by Gasteiger charge is -2.28. The van der Waals surface area contributed by atoms with Crippen LogP contribution in [0.3, 0.4) is 0 Å². The monoisotopic (exact) mass is 293 g/mol. The number of carboxylic acids is 1. The number of aromatic nitrogens is 1. The van der Waals surface area contributed by atoms with E-state index in [1.807, 2.05) is 0 Å². The molecule has 21 heavy (non-hydrogen) atoms. The minimum atomic E-state index is -1.09. The van der Waals surface area contributed by atoms with Crippen LogP contribution in [0.1, 0.15) is 36.2 Å². The Kier molecular flexibility index (Phi) is 4.62. The topological polar surface area (TPSA) is 106 Å². The average molecular weight is 293 g/mol. The van der Waals surface area contributed by atoms with Crippen molar-refractivity contribution < 1.29 is 19.5 Å². The Bertz CT molecular complexity index is 546. The first-order valence-corrected chi connectivity index (χ1v) is 6.95. The molecule has 0 radical (unpaired) electrons. The zero-order valence-electron chi connectivity index (χ0n) is 11.7. The fourth-order valence-corrected chi connectivity index (χ4v) is 2.79. The van der Waals surface area contributed by atoms with Crippen molar-refractivity contribution in [1.82, 2.24) is 9.47 Å². The lowest BCUT2D eigenvalue weighted by molar-refractivity contribution is -0.138. The summed E-state index contributed by atoms with van der Waals surface area (Å²) < 4.78 is 1.37. The van der Waals surface area contributed by atoms with E-state index in [0.717, 1.165) is 25.7 Å². The first-order valence-electron chi connectivity index (χ1n) is 6.95. The van der Waals surface area contributed by atoms with Crippen LogP contribution in [0, 0.1) is 0 Å². The van der Waals surface area contributed by atoms with E-state index in [0.29, 0.717) is 0 Å². The fourth-order valence-electron chi connectivity index (χ4n) is 2.79. The first kappa shape index (κ1) is 15.1. The van der Waals surface area contributed by atoms with Gasteiger partial charge in [-0.3, -0.25) is 9.59 Å². The molecule has 1 aromatic heterocycles. The van der Waals surface area contributed by atoms with Gasteiger partial charge in [0.25, 0.3) is 0 Å². The summed E-state index contributed by atoms with van der Waals surface area (Å²) in [4.78, 5) is 36.1. The summed E-state index contributed by atoms with van der Waals surface area (Å²) in [5.41, 5.74) is 5.27. The summed E-state index contributed by atoms with van der Waals surface area (Å²) in [7, 11) is 0. The van der Waals surface area contributed by atoms with E-state index < -0.39 is 11.9 Å². The number of carbonyl (C=O) groups is 3. The van der Waals surface area contributed by atoms with Gasteiger partial charge in [-0.15, -0.1) is 0 Å². The second-order valence-corrected chi connectivity index (χ2v) is 5.25. The van der Waals surface area contributed by atoms with Crippen LogP contribution in [-0.2, 0) is 16.1 Å². The lowest BCUT2D eigenvalue weighted by atomic mass is 10.2. The van der Waals surface area contributed by atoms with Gasteiger partial charge in [-0.2, -0.15) is 0 Å². The van der Waals surface area contributed by atoms with Crippen molar-refractivity contribution in [2.75, 3.05) is 6.54 Å². The molecule has 1 aromatic rings. The number of primary amides is 1. The van der Waals surface area contributed by atoms with Gasteiger partial charge < -0.3 is 20.3 Å². The van der Waals surface area contributed by atoms with Crippen LogP contribution in [0.25, 0.3) is 0 Å². The van der Waals surface area contributed by atoms with E-state index in [-0.39, 0.29) is 30.7 Å². The van der Waals surface area contributed by atoms with E-state index in [4.69, 9.17) is 10.8 Å². The molecular weight excluding hydrogens is 274 g/mol. The molecule has 1 heterocycles. The Hall–Kier alpha value is -2.31. The molecule has 7 heteroatoms. The van der Waals surface area contributed by atoms with E-state index in [2.05, 4.69) is 0 Å². The van der Waals surface area contributed by atoms with E-state index in [1.54, 1.807) is 12.3 Å². The highest BCUT2D eigenvalue weighted by Gasteiger charge is 2.28. The number of nitrogens with two attached hydrogens (primary N) is 1. The normalized spacial score (nSPS) is 15.0. The van der Waals surface area contributed by atoms with Gasteiger partial charge in [0.15, 0.2) is 0 Å². The van der Waals surface area contributed by atoms with Gasteiger partial charge in [0, 0.05) is 12.2 Å². The van der Waals surface area contributed by atoms with Crippen LogP contribution in [-0.4, -0.2) is 44.9 Å². The molecule has 2 rings (SSSR count). The Balaban J connectivity index is 2.12. The molecule has 0 unspecified atom stereocenters. The Labute approximate surface area is 122 Å². The smallest absolute Gasteiger partial charge is 0.352 e. The third-order valence-electron chi connectivity index (χ3n) is 3.77. The van der Waals surface area contributed by atoms with Crippen LogP contribution in [0.5, 0.6) is 0 Å². The number of aromatic carboxylic acids is 1. The maximum atomic E-state index is 12.4. The van der Waals surface area contributed by atoms with Gasteiger partial charge in [-0.1, -0.05) is 12.8 Å². The van der Waals surface area contributed by atoms with Crippen molar-refractivity contribution in [3.63, 3.8) is 0 Å². The van der Waals surface area contributed by atoms with Gasteiger partial charge in [-0.25, -0.2) is 4.79 Å². The minimum absolute atomic E-state index is 0.0221. The highest BCUT2D eigenvalue weighted by atomic mass is 16.4. The summed E-state index contributed by atoms with van der Waals surface area (Å²) >= 11 is 0. The van der Waals surface area contributed by atoms with Crippen molar-refractivity contribution in [3.05, 3.63) is 24.0 Å². The van der Waals surface area contributed by atoms with Crippen LogP contribution in [0.2, 0.25) is 0 Å². The number of amides is 2. The Morgan fingerprint density at radius 1 is 1.33 bits per heavy atom. The average Bonchev–Trinajstić information content (AvgIpc) is 3.06. The minimum Gasteiger partial charge on any atom is -0.477 e. The first-order chi connectivity index (χ1) is 9.99. The second-order valence-electron chi connectivity index (χ2n) is 5.25. The number of hydrogen-bond donors (Lipinski definition) is 2. The third-order valence-corrected chi connectivity index (χ3v) is 3.77. The maximum Gasteiger partial charge on any atom is 0.352 e. The summed E-state index contributed by atoms with van der Waals surface area (Å²) in [5, 5.41) is 9.04. The van der Waals surface area contributed by atoms with Gasteiger partial charge in [0.05, 0.1) is 6.54 Å². The number of rotatable bonds is 6. The van der Waals surface area contributed by atoms with Gasteiger partial charge in [0.2, 0.25) is 11.8 Å². The predicted molar refractivity (Wildman–Crippen MR) is 74.6 cm³/mol. The maximum absolute atomic E-state index is 12.4. The zero-order chi connectivity index (χ0) is 15.4. The number of hydrogen-bond acceptors (Lipinski definition) is 3. The SMILES string of the molecule is NC(=O)CN(C(=O)Cn1cccc1C(=O)O)C1CCCC1. The van der Waals surface area contributed by atoms with Gasteiger partial charge in [-0.05, 0) is 25.0 Å². The summed E-state index contributed by atoms with van der Waals surface area (Å²) in [5.74, 6) is -1.92. The van der Waals surface area contributed by atoms with Crippen LogP contribution >= 0.6 is 0 Å². The molecule has 2 amide bonds. The number of nitrogens with zero attached hydrogens (tertiary/aromatic N) is 2. The van der Waals surface area contributed by atoms with Crippen molar-refractivity contribution in [2.45, 2.75) is 38.3 Å². The van der Waals surface area contributed by atoms with Gasteiger partial charge >= 0.3 is 5.97 Å². The fraction of sp³-hybridized carbons (Fsp3) is 0.500. The Morgan fingerprint density at radius 2 is 2.00 bits per heavy atom. The largest absolute Gasteiger partial charge is 0.477 e. The molecule has 0 bridgehead atoms. The Morgan fingerprint density at radius 3 is 2.57 bits per heavy atom. The molecule has 1 fully saturated rings. The molecule has 1 aliphatic carbocycles.